The minimum atomic E-state index is 0.160. The number of nitrogens with one attached hydrogen (secondary N) is 2. The third-order valence-electron chi connectivity index (χ3n) is 11.4. The fourth-order valence-electron chi connectivity index (χ4n) is 7.01. The lowest BCUT2D eigenvalue weighted by Gasteiger charge is -1.86. The van der Waals surface area contributed by atoms with Gasteiger partial charge in [-0.15, -0.1) is 56.7 Å². The quantitative estimate of drug-likeness (QED) is 0.151. The van der Waals surface area contributed by atoms with Gasteiger partial charge in [-0.25, -0.2) is 9.97 Å². The van der Waals surface area contributed by atoms with Crippen LogP contribution in [0.1, 0.15) is 100 Å². The average Bonchev–Trinajstić information content (AvgIpc) is 2.03. The van der Waals surface area contributed by atoms with E-state index in [1.807, 2.05) is 213 Å². The molecule has 12 aromatic heterocycles. The second-order valence-corrected chi connectivity index (χ2v) is 25.8. The summed E-state index contributed by atoms with van der Waals surface area (Å²) in [5.41, 5.74) is 8.69. The number of ketones is 1. The number of H-pyrrole nitrogens is 2. The summed E-state index contributed by atoms with van der Waals surface area (Å²) in [4.78, 5) is 47.0. The molecule has 0 bridgehead atoms. The van der Waals surface area contributed by atoms with E-state index in [0.717, 1.165) is 39.1 Å². The Kier molecular flexibility index (Phi) is 38.8. The predicted octanol–water partition coefficient (Wildman–Crippen LogP) is 23.0. The molecule has 0 unspecified atom stereocenters. The number of Topliss-reactive ketones (excluding diaryl/α,β-unsaturated/α-hetero) is 1. The highest BCUT2D eigenvalue weighted by Crippen LogP contribution is 2.25. The van der Waals surface area contributed by atoms with Crippen molar-refractivity contribution in [1.82, 2.24) is 39.9 Å². The van der Waals surface area contributed by atoms with E-state index in [9.17, 15) is 4.79 Å². The van der Waals surface area contributed by atoms with Crippen LogP contribution in [0, 0.1) is 90.0 Å². The second-order valence-electron chi connectivity index (χ2n) is 19.7. The molecular formula is C75H88N8O4S5. The van der Waals surface area contributed by atoms with Crippen molar-refractivity contribution >= 4 is 93.6 Å². The molecule has 92 heavy (non-hydrogen) atoms. The molecule has 3 aromatic carbocycles. The van der Waals surface area contributed by atoms with Crippen LogP contribution in [0.15, 0.2) is 244 Å². The Labute approximate surface area is 564 Å². The lowest BCUT2D eigenvalue weighted by atomic mass is 10.2. The Morgan fingerprint density at radius 1 is 0.467 bits per heavy atom. The molecule has 15 aromatic rings. The third-order valence-corrected chi connectivity index (χ3v) is 16.2. The number of furan rings is 2. The summed E-state index contributed by atoms with van der Waals surface area (Å²) >= 11 is 8.72. The minimum Gasteiger partial charge on any atom is -0.470 e. The first-order valence-electron chi connectivity index (χ1n) is 29.6. The standard InChI is InChI=1S/C9H8O.2C9H8S.C7H8OS.C6H7N.C6H8S.C5H6N2.C5H7N.C5H6O.C4H6N2.C4H5NO.C4H5NS.C2H6/c1-7-6-8-4-2-3-5-9(8)10-7;1-7-6-10-9-5-3-2-4-8(7)9;1-7-6-8-4-2-3-5-9(8)10-7;1-5-3-4-7(9-5)6(2)8;1-6-3-2-4-7-5-6;1-5-3-4-6(2)7-5;1-5-4-6-2-3-7-5;2*1-5-3-2-4-6-5;3*1-4-2-5-3-6-4;1-2/h3*2-6H,1H3;3-4H,1-2H3;2-5H,1H3;3-4H,1-2H3;2-4H,1H3;2-4,6H,1H3;2-4H,1H3;2-3H,1H3,(H,5,6);2*2-3H,1H3;1-2H3. The number of rotatable bonds is 1. The Morgan fingerprint density at radius 2 is 1.15 bits per heavy atom. The molecule has 12 heterocycles. The molecule has 15 rings (SSSR count). The van der Waals surface area contributed by atoms with Crippen LogP contribution < -0.4 is 0 Å². The molecule has 2 N–H and O–H groups in total. The molecule has 0 atom stereocenters. The van der Waals surface area contributed by atoms with Gasteiger partial charge in [0.25, 0.3) is 0 Å². The molecule has 0 radical (unpaired) electrons. The lowest BCUT2D eigenvalue weighted by molar-refractivity contribution is 0.102. The highest BCUT2D eigenvalue weighted by atomic mass is 32.1. The van der Waals surface area contributed by atoms with Crippen molar-refractivity contribution in [2.45, 2.75) is 111 Å². The number of carbonyl (C=O) groups excluding carboxylic acids is 1. The Bertz CT molecular complexity index is 3760. The fourth-order valence-corrected chi connectivity index (χ4v) is 10.8. The van der Waals surface area contributed by atoms with E-state index in [0.29, 0.717) is 0 Å². The summed E-state index contributed by atoms with van der Waals surface area (Å²) in [5.74, 6) is 2.96. The van der Waals surface area contributed by atoms with Crippen molar-refractivity contribution in [2.24, 2.45) is 0 Å². The van der Waals surface area contributed by atoms with Crippen LogP contribution in [0.25, 0.3) is 31.1 Å². The summed E-state index contributed by atoms with van der Waals surface area (Å²) in [7, 11) is 0. The Balaban J connectivity index is 0.000000263. The van der Waals surface area contributed by atoms with Crippen molar-refractivity contribution in [3.8, 4) is 0 Å². The Hall–Kier alpha value is -8.97. The zero-order chi connectivity index (χ0) is 67.3. The topological polar surface area (TPSA) is 165 Å². The smallest absolute Gasteiger partial charge is 0.180 e. The largest absolute Gasteiger partial charge is 0.470 e. The summed E-state index contributed by atoms with van der Waals surface area (Å²) in [6.45, 7) is 31.8. The maximum atomic E-state index is 10.7. The molecule has 0 saturated carbocycles. The van der Waals surface area contributed by atoms with E-state index in [-0.39, 0.29) is 5.78 Å². The van der Waals surface area contributed by atoms with Crippen LogP contribution in [-0.2, 0) is 0 Å². The van der Waals surface area contributed by atoms with Gasteiger partial charge in [-0.2, -0.15) is 0 Å². The highest BCUT2D eigenvalue weighted by molar-refractivity contribution is 7.19. The number of thiazole rings is 1. The van der Waals surface area contributed by atoms with Crippen molar-refractivity contribution in [3.05, 3.63) is 306 Å². The lowest BCUT2D eigenvalue weighted by Crippen LogP contribution is -1.83. The van der Waals surface area contributed by atoms with E-state index in [4.69, 9.17) is 13.3 Å². The molecule has 0 aliphatic heterocycles. The molecule has 482 valence electrons. The number of aryl methyl sites for hydroxylation is 13. The van der Waals surface area contributed by atoms with Crippen molar-refractivity contribution in [2.75, 3.05) is 0 Å². The van der Waals surface area contributed by atoms with Gasteiger partial charge in [0.05, 0.1) is 34.9 Å². The number of benzene rings is 3. The van der Waals surface area contributed by atoms with Crippen LogP contribution in [-0.4, -0.2) is 45.7 Å². The van der Waals surface area contributed by atoms with E-state index < -0.39 is 0 Å². The number of hydrogen-bond donors (Lipinski definition) is 2. The number of pyridine rings is 1. The fraction of sp³-hybridized carbons (Fsp3) is 0.213. The molecule has 0 fully saturated rings. The van der Waals surface area contributed by atoms with E-state index in [1.165, 1.54) is 73.2 Å². The normalized spacial score (nSPS) is 9.35. The van der Waals surface area contributed by atoms with Crippen molar-refractivity contribution in [1.29, 1.82) is 0 Å². The van der Waals surface area contributed by atoms with Crippen LogP contribution in [0.3, 0.4) is 0 Å². The van der Waals surface area contributed by atoms with Gasteiger partial charge >= 0.3 is 0 Å². The minimum absolute atomic E-state index is 0.160. The molecule has 0 aliphatic rings. The average molecular weight is 1330 g/mol. The molecule has 0 amide bonds. The summed E-state index contributed by atoms with van der Waals surface area (Å²) in [6, 6.07) is 49.1. The predicted molar refractivity (Wildman–Crippen MR) is 394 cm³/mol. The van der Waals surface area contributed by atoms with Gasteiger partial charge in [-0.05, 0) is 209 Å². The van der Waals surface area contributed by atoms with E-state index in [1.54, 1.807) is 79.4 Å². The maximum Gasteiger partial charge on any atom is 0.180 e. The number of aromatic amines is 2. The molecule has 0 spiro atoms. The van der Waals surface area contributed by atoms with E-state index >= 15 is 0 Å². The molecule has 0 saturated heterocycles. The van der Waals surface area contributed by atoms with Crippen LogP contribution in [0.4, 0.5) is 0 Å². The Morgan fingerprint density at radius 3 is 1.52 bits per heavy atom. The summed E-state index contributed by atoms with van der Waals surface area (Å²) in [5, 5.41) is 6.14. The number of aromatic nitrogens is 8. The third kappa shape index (κ3) is 34.9. The number of nitrogens with zero attached hydrogens (tertiary/aromatic N) is 6. The number of fused-ring (bicyclic) bond motifs is 3. The number of thiophene rings is 4. The van der Waals surface area contributed by atoms with Gasteiger partial charge in [0.1, 0.15) is 22.9 Å². The zero-order valence-electron chi connectivity index (χ0n) is 55.8. The second kappa shape index (κ2) is 46.2. The first-order chi connectivity index (χ1) is 44.3. The van der Waals surface area contributed by atoms with Gasteiger partial charge in [0, 0.05) is 100 Å². The van der Waals surface area contributed by atoms with Crippen LogP contribution in [0.2, 0.25) is 0 Å². The first-order valence-corrected chi connectivity index (χ1v) is 33.8. The van der Waals surface area contributed by atoms with Crippen LogP contribution in [0.5, 0.6) is 0 Å². The number of imidazole rings is 1. The number of carbonyl (C=O) groups is 1. The summed E-state index contributed by atoms with van der Waals surface area (Å²) in [6.07, 6.45) is 20.6. The van der Waals surface area contributed by atoms with Crippen LogP contribution >= 0.6 is 56.7 Å². The van der Waals surface area contributed by atoms with Crippen molar-refractivity contribution in [3.63, 3.8) is 0 Å². The number of para-hydroxylation sites is 1. The SMILES string of the molecule is CC.CC(=O)c1ccc(C)s1.Cc1cc2ccccc2o1.Cc1cc2ccccc2s1.Cc1ccc(C)s1.Cc1ccc[nH]1.Cc1cccnc1.Cc1ccco1.Cc1cnc[nH]1.Cc1cnccn1.Cc1cnco1.Cc1cncs1.Cc1csc2ccccc12. The van der Waals surface area contributed by atoms with Gasteiger partial charge in [-0.3, -0.25) is 24.7 Å². The monoisotopic (exact) mass is 1320 g/mol. The summed E-state index contributed by atoms with van der Waals surface area (Å²) < 4.78 is 17.7. The first kappa shape index (κ1) is 77.3. The number of hydrogen-bond acceptors (Lipinski definition) is 15. The maximum absolute atomic E-state index is 10.7. The molecular weight excluding hydrogens is 1240 g/mol. The molecule has 0 aliphatic carbocycles. The van der Waals surface area contributed by atoms with E-state index in [2.05, 4.69) is 140 Å². The molecule has 12 nitrogen and oxygen atoms in total. The van der Waals surface area contributed by atoms with Gasteiger partial charge in [0.2, 0.25) is 0 Å². The van der Waals surface area contributed by atoms with Gasteiger partial charge in [-0.1, -0.05) is 74.5 Å². The van der Waals surface area contributed by atoms with Crippen molar-refractivity contribution < 1.29 is 18.0 Å². The highest BCUT2D eigenvalue weighted by Gasteiger charge is 2.00. The zero-order valence-corrected chi connectivity index (χ0v) is 59.9. The number of oxazole rings is 1. The van der Waals surface area contributed by atoms with Gasteiger partial charge < -0.3 is 23.2 Å². The molecule has 17 heteroatoms. The van der Waals surface area contributed by atoms with Gasteiger partial charge in [0.15, 0.2) is 12.2 Å².